The van der Waals surface area contributed by atoms with Gasteiger partial charge in [-0.25, -0.2) is 0 Å². The van der Waals surface area contributed by atoms with Gasteiger partial charge in [-0.15, -0.1) is 11.3 Å². The van der Waals surface area contributed by atoms with E-state index in [1.807, 2.05) is 26.0 Å². The van der Waals surface area contributed by atoms with Gasteiger partial charge in [-0.2, -0.15) is 4.98 Å². The minimum Gasteiger partial charge on any atom is -0.490 e. The highest BCUT2D eigenvalue weighted by atomic mass is 32.1. The van der Waals surface area contributed by atoms with E-state index in [4.69, 9.17) is 15.0 Å². The third-order valence-corrected chi connectivity index (χ3v) is 7.65. The van der Waals surface area contributed by atoms with Gasteiger partial charge in [-0.05, 0) is 81.6 Å². The quantitative estimate of drug-likeness (QED) is 0.375. The van der Waals surface area contributed by atoms with Crippen LogP contribution in [0.3, 0.4) is 0 Å². The van der Waals surface area contributed by atoms with E-state index in [2.05, 4.69) is 28.0 Å². The number of hydrogen-bond donors (Lipinski definition) is 3. The van der Waals surface area contributed by atoms with E-state index in [9.17, 15) is 15.0 Å². The third kappa shape index (κ3) is 6.31. The normalized spacial score (nSPS) is 16.1. The second-order valence-corrected chi connectivity index (χ2v) is 10.7. The van der Waals surface area contributed by atoms with Gasteiger partial charge in [-0.1, -0.05) is 11.6 Å². The second kappa shape index (κ2) is 11.5. The van der Waals surface area contributed by atoms with Gasteiger partial charge in [0.25, 0.3) is 5.89 Å². The average Bonchev–Trinajstić information content (AvgIpc) is 3.46. The fourth-order valence-electron chi connectivity index (χ4n) is 4.47. The minimum atomic E-state index is -1.41. The predicted octanol–water partition coefficient (Wildman–Crippen LogP) is 3.35. The Balaban J connectivity index is 1.44. The zero-order valence-electron chi connectivity index (χ0n) is 21.0. The number of aryl methyl sites for hydroxylation is 3. The van der Waals surface area contributed by atoms with Crippen molar-refractivity contribution in [2.24, 2.45) is 5.73 Å². The van der Waals surface area contributed by atoms with Crippen LogP contribution in [0.2, 0.25) is 0 Å². The van der Waals surface area contributed by atoms with Crippen molar-refractivity contribution in [1.82, 2.24) is 15.0 Å². The van der Waals surface area contributed by atoms with Gasteiger partial charge in [0, 0.05) is 23.4 Å². The highest BCUT2D eigenvalue weighted by Crippen LogP contribution is 2.34. The van der Waals surface area contributed by atoms with Crippen LogP contribution in [0.25, 0.3) is 22.2 Å². The number of carbonyl (C=O) groups excluding carboxylic acids is 1. The highest BCUT2D eigenvalue weighted by Gasteiger charge is 2.20. The van der Waals surface area contributed by atoms with Crippen LogP contribution in [0, 0.1) is 20.8 Å². The van der Waals surface area contributed by atoms with Gasteiger partial charge in [0.15, 0.2) is 0 Å². The number of aliphatic hydroxyl groups excluding tert-OH is 2. The number of nitrogens with zero attached hydrogens (tertiary/aromatic N) is 3. The topological polar surface area (TPSA) is 135 Å². The second-order valence-electron chi connectivity index (χ2n) is 9.53. The van der Waals surface area contributed by atoms with Crippen molar-refractivity contribution in [3.63, 3.8) is 0 Å². The Morgan fingerprint density at radius 1 is 1.14 bits per heavy atom. The van der Waals surface area contributed by atoms with Crippen LogP contribution >= 0.6 is 11.3 Å². The van der Waals surface area contributed by atoms with E-state index in [0.717, 1.165) is 41.2 Å². The first kappa shape index (κ1) is 26.3. The van der Waals surface area contributed by atoms with Gasteiger partial charge >= 0.3 is 0 Å². The average molecular weight is 515 g/mol. The number of piperidine rings is 1. The number of hydrogen-bond acceptors (Lipinski definition) is 9. The fourth-order valence-corrected chi connectivity index (χ4v) is 5.61. The molecule has 1 aromatic carbocycles. The smallest absolute Gasteiger partial charge is 0.268 e. The first-order valence-electron chi connectivity index (χ1n) is 12.3. The molecule has 36 heavy (non-hydrogen) atoms. The molecule has 10 heteroatoms. The molecule has 4 N–H and O–H groups in total. The number of carbonyl (C=O) groups is 1. The summed E-state index contributed by atoms with van der Waals surface area (Å²) in [5.41, 5.74) is 8.77. The molecule has 0 saturated carbocycles. The maximum absolute atomic E-state index is 11.0. The van der Waals surface area contributed by atoms with E-state index in [0.29, 0.717) is 17.5 Å². The standard InChI is InChI=1S/C26H34N4O5S/c1-15-11-21(36-22(15)13-30-7-5-4-6-8-30)26-28-25(29-35-26)18-9-16(2)23(17(3)10-18)34-14-19(31)12-20(32)24(27)33/h9-11,19-20,31-32H,4-8,12-14H2,1-3H3,(H2,27,33)/t19-,20?/m1/s1. The number of rotatable bonds is 10. The zero-order valence-corrected chi connectivity index (χ0v) is 21.8. The van der Waals surface area contributed by atoms with Crippen LogP contribution < -0.4 is 10.5 Å². The maximum Gasteiger partial charge on any atom is 0.268 e. The molecule has 4 rings (SSSR count). The summed E-state index contributed by atoms with van der Waals surface area (Å²) in [6.07, 6.45) is 1.25. The lowest BCUT2D eigenvalue weighted by atomic mass is 10.1. The number of aliphatic hydroxyl groups is 2. The van der Waals surface area contributed by atoms with E-state index in [1.54, 1.807) is 11.3 Å². The SMILES string of the molecule is Cc1cc(-c2nc(-c3cc(C)c(OC[C@H](O)CC(O)C(N)=O)c(C)c3)no2)sc1CN1CCCCC1. The number of benzene rings is 1. The van der Waals surface area contributed by atoms with E-state index in [-0.39, 0.29) is 13.0 Å². The summed E-state index contributed by atoms with van der Waals surface area (Å²) in [5.74, 6) is 0.748. The molecule has 0 spiro atoms. The van der Waals surface area contributed by atoms with E-state index in [1.165, 1.54) is 29.7 Å². The maximum atomic E-state index is 11.0. The lowest BCUT2D eigenvalue weighted by Crippen LogP contribution is -2.33. The minimum absolute atomic E-state index is 0.0742. The number of likely N-dealkylation sites (tertiary alicyclic amines) is 1. The van der Waals surface area contributed by atoms with Crippen LogP contribution in [0.4, 0.5) is 0 Å². The summed E-state index contributed by atoms with van der Waals surface area (Å²) in [6, 6.07) is 5.93. The van der Waals surface area contributed by atoms with Gasteiger partial charge in [-0.3, -0.25) is 9.69 Å². The Bertz CT molecular complexity index is 1180. The summed E-state index contributed by atoms with van der Waals surface area (Å²) in [5, 5.41) is 23.8. The van der Waals surface area contributed by atoms with Crippen LogP contribution in [-0.4, -0.2) is 63.1 Å². The van der Waals surface area contributed by atoms with Gasteiger partial charge in [0.05, 0.1) is 11.0 Å². The van der Waals surface area contributed by atoms with Crippen LogP contribution in [-0.2, 0) is 11.3 Å². The van der Waals surface area contributed by atoms with E-state index < -0.39 is 18.1 Å². The lowest BCUT2D eigenvalue weighted by molar-refractivity contribution is -0.127. The van der Waals surface area contributed by atoms with Gasteiger partial charge < -0.3 is 25.2 Å². The molecular weight excluding hydrogens is 480 g/mol. The van der Waals surface area contributed by atoms with Crippen LogP contribution in [0.5, 0.6) is 5.75 Å². The number of nitrogens with two attached hydrogens (primary N) is 1. The first-order chi connectivity index (χ1) is 17.2. The van der Waals surface area contributed by atoms with Crippen molar-refractivity contribution in [3.05, 3.63) is 39.8 Å². The molecule has 3 aromatic rings. The molecule has 2 atom stereocenters. The molecule has 1 aliphatic rings. The lowest BCUT2D eigenvalue weighted by Gasteiger charge is -2.26. The van der Waals surface area contributed by atoms with E-state index >= 15 is 0 Å². The molecule has 1 unspecified atom stereocenters. The summed E-state index contributed by atoms with van der Waals surface area (Å²) < 4.78 is 11.4. The zero-order chi connectivity index (χ0) is 25.8. The molecule has 2 aromatic heterocycles. The van der Waals surface area contributed by atoms with Crippen molar-refractivity contribution in [1.29, 1.82) is 0 Å². The number of primary amides is 1. The Labute approximate surface area is 214 Å². The van der Waals surface area contributed by atoms with Crippen LogP contribution in [0.1, 0.15) is 47.3 Å². The summed E-state index contributed by atoms with van der Waals surface area (Å²) in [6.45, 7) is 9.13. The van der Waals surface area contributed by atoms with Crippen molar-refractivity contribution < 1.29 is 24.3 Å². The molecule has 0 radical (unpaired) electrons. The third-order valence-electron chi connectivity index (χ3n) is 6.44. The molecule has 194 valence electrons. The molecule has 1 saturated heterocycles. The van der Waals surface area contributed by atoms with Crippen molar-refractivity contribution in [2.45, 2.75) is 65.2 Å². The summed E-state index contributed by atoms with van der Waals surface area (Å²) in [4.78, 5) is 20.5. The molecule has 1 aliphatic heterocycles. The monoisotopic (exact) mass is 514 g/mol. The number of ether oxygens (including phenoxy) is 1. The number of thiophene rings is 1. The van der Waals surface area contributed by atoms with Gasteiger partial charge in [0.1, 0.15) is 18.5 Å². The predicted molar refractivity (Wildman–Crippen MR) is 138 cm³/mol. The molecule has 3 heterocycles. The molecule has 0 bridgehead atoms. The fraction of sp³-hybridized carbons (Fsp3) is 0.500. The number of aromatic nitrogens is 2. The molecule has 1 amide bonds. The molecule has 9 nitrogen and oxygen atoms in total. The Kier molecular flexibility index (Phi) is 8.40. The summed E-state index contributed by atoms with van der Waals surface area (Å²) >= 11 is 1.71. The number of amides is 1. The molecular formula is C26H34N4O5S. The van der Waals surface area contributed by atoms with Gasteiger partial charge in [0.2, 0.25) is 11.7 Å². The molecule has 1 fully saturated rings. The largest absolute Gasteiger partial charge is 0.490 e. The Morgan fingerprint density at radius 2 is 1.83 bits per heavy atom. The van der Waals surface area contributed by atoms with Crippen molar-refractivity contribution in [2.75, 3.05) is 19.7 Å². The Hall–Kier alpha value is -2.79. The van der Waals surface area contributed by atoms with Crippen molar-refractivity contribution >= 4 is 17.2 Å². The van der Waals surface area contributed by atoms with Crippen molar-refractivity contribution in [3.8, 4) is 27.9 Å². The highest BCUT2D eigenvalue weighted by molar-refractivity contribution is 7.15. The first-order valence-corrected chi connectivity index (χ1v) is 13.1. The van der Waals surface area contributed by atoms with Crippen LogP contribution in [0.15, 0.2) is 22.7 Å². The summed E-state index contributed by atoms with van der Waals surface area (Å²) in [7, 11) is 0. The Morgan fingerprint density at radius 3 is 2.50 bits per heavy atom. The molecule has 0 aliphatic carbocycles.